The van der Waals surface area contributed by atoms with E-state index in [-0.39, 0.29) is 5.56 Å². The van der Waals surface area contributed by atoms with E-state index < -0.39 is 0 Å². The second-order valence-electron chi connectivity index (χ2n) is 3.80. The maximum Gasteiger partial charge on any atom is 0.251 e. The van der Waals surface area contributed by atoms with Crippen molar-refractivity contribution in [3.63, 3.8) is 0 Å². The van der Waals surface area contributed by atoms with Crippen LogP contribution in [-0.4, -0.2) is 19.9 Å². The molecular formula is C11H14N6OS. The van der Waals surface area contributed by atoms with Gasteiger partial charge in [0.1, 0.15) is 16.7 Å². The van der Waals surface area contributed by atoms with Crippen molar-refractivity contribution in [3.8, 4) is 0 Å². The first-order chi connectivity index (χ1) is 9.10. The molecule has 0 saturated heterocycles. The number of hydrogen-bond acceptors (Lipinski definition) is 7. The van der Waals surface area contributed by atoms with E-state index in [1.54, 1.807) is 13.0 Å². The Labute approximate surface area is 114 Å². The standard InChI is InChI=1S/C11H14N6OS/c1-3-7-14-8(17-12)5-10(15-7)19-11-13-6(2)4-9(18)16-11/h4-5H,3,12H2,1-2H3,(H,13,16,18)(H,14,15,17). The lowest BCUT2D eigenvalue weighted by Gasteiger charge is -2.06. The monoisotopic (exact) mass is 278 g/mol. The second-order valence-corrected chi connectivity index (χ2v) is 4.81. The maximum absolute atomic E-state index is 11.4. The predicted molar refractivity (Wildman–Crippen MR) is 72.9 cm³/mol. The minimum absolute atomic E-state index is 0.183. The number of aryl methyl sites for hydroxylation is 2. The molecule has 2 heterocycles. The highest BCUT2D eigenvalue weighted by Crippen LogP contribution is 2.23. The van der Waals surface area contributed by atoms with E-state index in [2.05, 4.69) is 25.4 Å². The van der Waals surface area contributed by atoms with Gasteiger partial charge in [0.05, 0.1) is 0 Å². The van der Waals surface area contributed by atoms with Gasteiger partial charge in [0.25, 0.3) is 5.56 Å². The number of hydrogen-bond donors (Lipinski definition) is 3. The van der Waals surface area contributed by atoms with Gasteiger partial charge < -0.3 is 10.4 Å². The zero-order valence-electron chi connectivity index (χ0n) is 10.6. The molecule has 0 unspecified atom stereocenters. The molecule has 19 heavy (non-hydrogen) atoms. The molecular weight excluding hydrogens is 264 g/mol. The molecule has 2 aromatic heterocycles. The fourth-order valence-electron chi connectivity index (χ4n) is 1.46. The molecule has 2 rings (SSSR count). The molecule has 7 nitrogen and oxygen atoms in total. The van der Waals surface area contributed by atoms with Gasteiger partial charge in [-0.1, -0.05) is 6.92 Å². The van der Waals surface area contributed by atoms with Gasteiger partial charge in [-0.15, -0.1) is 0 Å². The Morgan fingerprint density at radius 2 is 2.16 bits per heavy atom. The van der Waals surface area contributed by atoms with Crippen molar-refractivity contribution >= 4 is 17.6 Å². The number of aromatic amines is 1. The smallest absolute Gasteiger partial charge is 0.251 e. The molecule has 0 atom stereocenters. The molecule has 0 fully saturated rings. The van der Waals surface area contributed by atoms with Crippen LogP contribution < -0.4 is 16.8 Å². The summed E-state index contributed by atoms with van der Waals surface area (Å²) in [6.07, 6.45) is 0.695. The van der Waals surface area contributed by atoms with Crippen LogP contribution >= 0.6 is 11.8 Å². The molecule has 0 aromatic carbocycles. The van der Waals surface area contributed by atoms with Crippen LogP contribution in [0.5, 0.6) is 0 Å². The van der Waals surface area contributed by atoms with Gasteiger partial charge >= 0.3 is 0 Å². The zero-order valence-corrected chi connectivity index (χ0v) is 11.4. The summed E-state index contributed by atoms with van der Waals surface area (Å²) in [5, 5.41) is 1.17. The minimum atomic E-state index is -0.183. The van der Waals surface area contributed by atoms with Crippen molar-refractivity contribution in [1.82, 2.24) is 19.9 Å². The quantitative estimate of drug-likeness (QED) is 0.329. The number of H-pyrrole nitrogens is 1. The topological polar surface area (TPSA) is 110 Å². The zero-order chi connectivity index (χ0) is 13.8. The Morgan fingerprint density at radius 1 is 1.37 bits per heavy atom. The lowest BCUT2D eigenvalue weighted by molar-refractivity contribution is 0.873. The molecule has 0 spiro atoms. The Bertz CT molecular complexity index is 619. The van der Waals surface area contributed by atoms with Crippen molar-refractivity contribution in [2.75, 3.05) is 5.43 Å². The van der Waals surface area contributed by atoms with Crippen molar-refractivity contribution in [1.29, 1.82) is 0 Å². The lowest BCUT2D eigenvalue weighted by Crippen LogP contribution is -2.11. The highest BCUT2D eigenvalue weighted by atomic mass is 32.2. The summed E-state index contributed by atoms with van der Waals surface area (Å²) < 4.78 is 0. The highest BCUT2D eigenvalue weighted by molar-refractivity contribution is 7.99. The molecule has 0 aliphatic rings. The van der Waals surface area contributed by atoms with E-state index in [0.717, 1.165) is 0 Å². The molecule has 0 saturated carbocycles. The maximum atomic E-state index is 11.4. The number of nitrogen functional groups attached to an aromatic ring is 1. The lowest BCUT2D eigenvalue weighted by atomic mass is 10.4. The van der Waals surface area contributed by atoms with E-state index in [1.807, 2.05) is 6.92 Å². The number of rotatable bonds is 4. The Kier molecular flexibility index (Phi) is 4.13. The third kappa shape index (κ3) is 3.52. The average molecular weight is 278 g/mol. The fourth-order valence-corrected chi connectivity index (χ4v) is 2.32. The van der Waals surface area contributed by atoms with Gasteiger partial charge in [-0.25, -0.2) is 20.8 Å². The van der Waals surface area contributed by atoms with Gasteiger partial charge in [-0.3, -0.25) is 4.79 Å². The summed E-state index contributed by atoms with van der Waals surface area (Å²) in [6, 6.07) is 3.14. The summed E-state index contributed by atoms with van der Waals surface area (Å²) in [7, 11) is 0. The van der Waals surface area contributed by atoms with Crippen molar-refractivity contribution in [2.45, 2.75) is 30.5 Å². The highest BCUT2D eigenvalue weighted by Gasteiger charge is 2.07. The van der Waals surface area contributed by atoms with E-state index in [1.165, 1.54) is 17.8 Å². The van der Waals surface area contributed by atoms with Crippen LogP contribution in [0, 0.1) is 6.92 Å². The van der Waals surface area contributed by atoms with Gasteiger partial charge in [0, 0.05) is 24.2 Å². The third-order valence-electron chi connectivity index (χ3n) is 2.26. The first kappa shape index (κ1) is 13.5. The number of nitrogens with two attached hydrogens (primary N) is 1. The molecule has 0 aliphatic carbocycles. The van der Waals surface area contributed by atoms with Crippen molar-refractivity contribution < 1.29 is 0 Å². The van der Waals surface area contributed by atoms with E-state index in [0.29, 0.717) is 33.9 Å². The van der Waals surface area contributed by atoms with Crippen molar-refractivity contribution in [3.05, 3.63) is 34.0 Å². The second kappa shape index (κ2) is 5.81. The van der Waals surface area contributed by atoms with E-state index >= 15 is 0 Å². The summed E-state index contributed by atoms with van der Waals surface area (Å²) in [5.41, 5.74) is 2.97. The molecule has 0 bridgehead atoms. The van der Waals surface area contributed by atoms with Crippen LogP contribution in [0.1, 0.15) is 18.4 Å². The summed E-state index contributed by atoms with van der Waals surface area (Å²) in [4.78, 5) is 26.8. The van der Waals surface area contributed by atoms with Gasteiger partial charge in [-0.2, -0.15) is 0 Å². The number of hydrazine groups is 1. The van der Waals surface area contributed by atoms with Crippen LogP contribution in [0.4, 0.5) is 5.82 Å². The van der Waals surface area contributed by atoms with Gasteiger partial charge in [0.15, 0.2) is 5.16 Å². The fraction of sp³-hybridized carbons (Fsp3) is 0.273. The third-order valence-corrected chi connectivity index (χ3v) is 3.07. The molecule has 0 aliphatic heterocycles. The molecule has 4 N–H and O–H groups in total. The Hall–Kier alpha value is -1.93. The van der Waals surface area contributed by atoms with Crippen LogP contribution in [0.25, 0.3) is 0 Å². The van der Waals surface area contributed by atoms with Crippen molar-refractivity contribution in [2.24, 2.45) is 5.84 Å². The van der Waals surface area contributed by atoms with E-state index in [4.69, 9.17) is 5.84 Å². The molecule has 2 aromatic rings. The van der Waals surface area contributed by atoms with Gasteiger partial charge in [-0.05, 0) is 18.7 Å². The van der Waals surface area contributed by atoms with Crippen LogP contribution in [-0.2, 0) is 6.42 Å². The molecule has 0 radical (unpaired) electrons. The Balaban J connectivity index is 2.34. The van der Waals surface area contributed by atoms with Gasteiger partial charge in [0.2, 0.25) is 0 Å². The summed E-state index contributed by atoms with van der Waals surface area (Å²) in [5.74, 6) is 6.57. The number of nitrogens with zero attached hydrogens (tertiary/aromatic N) is 3. The minimum Gasteiger partial charge on any atom is -0.308 e. The number of anilines is 1. The first-order valence-corrected chi connectivity index (χ1v) is 6.52. The summed E-state index contributed by atoms with van der Waals surface area (Å²) >= 11 is 1.26. The van der Waals surface area contributed by atoms with E-state index in [9.17, 15) is 4.79 Å². The van der Waals surface area contributed by atoms with Crippen LogP contribution in [0.2, 0.25) is 0 Å². The number of aromatic nitrogens is 4. The molecule has 0 amide bonds. The predicted octanol–water partition coefficient (Wildman–Crippen LogP) is 0.868. The normalized spacial score (nSPS) is 10.5. The Morgan fingerprint density at radius 3 is 2.79 bits per heavy atom. The number of nitrogens with one attached hydrogen (secondary N) is 2. The SMILES string of the molecule is CCc1nc(NN)cc(Sc2nc(C)cc(=O)[nH]2)n1. The molecule has 8 heteroatoms. The molecule has 100 valence electrons. The first-order valence-electron chi connectivity index (χ1n) is 5.71. The average Bonchev–Trinajstić information content (AvgIpc) is 2.37. The largest absolute Gasteiger partial charge is 0.308 e. The van der Waals surface area contributed by atoms with Crippen LogP contribution in [0.3, 0.4) is 0 Å². The summed E-state index contributed by atoms with van der Waals surface area (Å²) in [6.45, 7) is 3.72. The van der Waals surface area contributed by atoms with Crippen LogP contribution in [0.15, 0.2) is 27.1 Å².